The number of carbonyl (C=O) groups is 1. The SMILES string of the molecule is Cc1nc2ccccc2n1CC(=O)N(C)c1ccc(C(C)(C)C)cc1. The quantitative estimate of drug-likeness (QED) is 0.715. The van der Waals surface area contributed by atoms with Gasteiger partial charge in [-0.25, -0.2) is 4.98 Å². The van der Waals surface area contributed by atoms with Gasteiger partial charge in [-0.1, -0.05) is 45.0 Å². The molecule has 130 valence electrons. The summed E-state index contributed by atoms with van der Waals surface area (Å²) in [4.78, 5) is 19.0. The molecule has 0 fully saturated rings. The molecule has 0 saturated heterocycles. The lowest BCUT2D eigenvalue weighted by Crippen LogP contribution is -2.30. The maximum Gasteiger partial charge on any atom is 0.246 e. The molecule has 0 aliphatic rings. The number of aryl methyl sites for hydroxylation is 1. The Bertz CT molecular complexity index is 901. The van der Waals surface area contributed by atoms with Gasteiger partial charge in [-0.05, 0) is 42.2 Å². The van der Waals surface area contributed by atoms with E-state index in [4.69, 9.17) is 0 Å². The van der Waals surface area contributed by atoms with Crippen LogP contribution in [0.25, 0.3) is 11.0 Å². The highest BCUT2D eigenvalue weighted by atomic mass is 16.2. The Morgan fingerprint density at radius 1 is 1.08 bits per heavy atom. The largest absolute Gasteiger partial charge is 0.319 e. The second-order valence-electron chi connectivity index (χ2n) is 7.48. The predicted molar refractivity (Wildman–Crippen MR) is 103 cm³/mol. The summed E-state index contributed by atoms with van der Waals surface area (Å²) in [7, 11) is 1.82. The Morgan fingerprint density at radius 2 is 1.72 bits per heavy atom. The minimum Gasteiger partial charge on any atom is -0.319 e. The van der Waals surface area contributed by atoms with Crippen molar-refractivity contribution in [1.29, 1.82) is 0 Å². The molecule has 0 aliphatic carbocycles. The lowest BCUT2D eigenvalue weighted by molar-refractivity contribution is -0.118. The van der Waals surface area contributed by atoms with E-state index in [1.807, 2.05) is 54.9 Å². The monoisotopic (exact) mass is 335 g/mol. The number of fused-ring (bicyclic) bond motifs is 1. The van der Waals surface area contributed by atoms with Gasteiger partial charge in [-0.15, -0.1) is 0 Å². The van der Waals surface area contributed by atoms with Crippen molar-refractivity contribution in [3.05, 3.63) is 59.9 Å². The fourth-order valence-corrected chi connectivity index (χ4v) is 2.97. The summed E-state index contributed by atoms with van der Waals surface area (Å²) < 4.78 is 1.97. The summed E-state index contributed by atoms with van der Waals surface area (Å²) in [5.74, 6) is 0.890. The van der Waals surface area contributed by atoms with E-state index in [1.54, 1.807) is 4.90 Å². The molecule has 0 radical (unpaired) electrons. The van der Waals surface area contributed by atoms with Gasteiger partial charge >= 0.3 is 0 Å². The van der Waals surface area contributed by atoms with Crippen LogP contribution in [0.5, 0.6) is 0 Å². The molecule has 1 amide bonds. The van der Waals surface area contributed by atoms with Crippen molar-refractivity contribution in [3.63, 3.8) is 0 Å². The maximum atomic E-state index is 12.8. The molecule has 4 nitrogen and oxygen atoms in total. The van der Waals surface area contributed by atoms with E-state index in [2.05, 4.69) is 37.9 Å². The van der Waals surface area contributed by atoms with Gasteiger partial charge in [-0.3, -0.25) is 4.79 Å². The number of anilines is 1. The first-order valence-electron chi connectivity index (χ1n) is 8.56. The van der Waals surface area contributed by atoms with Crippen LogP contribution in [0.1, 0.15) is 32.2 Å². The minimum atomic E-state index is 0.0368. The summed E-state index contributed by atoms with van der Waals surface area (Å²) >= 11 is 0. The number of para-hydroxylation sites is 2. The van der Waals surface area contributed by atoms with Gasteiger partial charge in [0.1, 0.15) is 12.4 Å². The van der Waals surface area contributed by atoms with Crippen LogP contribution in [0.3, 0.4) is 0 Å². The van der Waals surface area contributed by atoms with Crippen molar-refractivity contribution in [2.24, 2.45) is 0 Å². The Morgan fingerprint density at radius 3 is 2.36 bits per heavy atom. The lowest BCUT2D eigenvalue weighted by Gasteiger charge is -2.22. The number of imidazole rings is 1. The number of hydrogen-bond acceptors (Lipinski definition) is 2. The van der Waals surface area contributed by atoms with Crippen LogP contribution in [0.2, 0.25) is 0 Å². The Labute approximate surface area is 149 Å². The van der Waals surface area contributed by atoms with E-state index in [1.165, 1.54) is 5.56 Å². The number of amides is 1. The van der Waals surface area contributed by atoms with E-state index in [0.29, 0.717) is 0 Å². The molecule has 3 aromatic rings. The molecule has 2 aromatic carbocycles. The van der Waals surface area contributed by atoms with Gasteiger partial charge < -0.3 is 9.47 Å². The summed E-state index contributed by atoms with van der Waals surface area (Å²) in [6, 6.07) is 16.1. The number of hydrogen-bond donors (Lipinski definition) is 0. The van der Waals surface area contributed by atoms with E-state index >= 15 is 0 Å². The van der Waals surface area contributed by atoms with Crippen LogP contribution < -0.4 is 4.90 Å². The zero-order valence-electron chi connectivity index (χ0n) is 15.6. The van der Waals surface area contributed by atoms with Crippen LogP contribution in [-0.4, -0.2) is 22.5 Å². The molecule has 0 atom stereocenters. The van der Waals surface area contributed by atoms with Crippen molar-refractivity contribution < 1.29 is 4.79 Å². The van der Waals surface area contributed by atoms with Crippen LogP contribution in [-0.2, 0) is 16.8 Å². The highest BCUT2D eigenvalue weighted by Gasteiger charge is 2.17. The van der Waals surface area contributed by atoms with Gasteiger partial charge in [0.05, 0.1) is 11.0 Å². The third kappa shape index (κ3) is 3.43. The summed E-state index contributed by atoms with van der Waals surface area (Å²) in [6.07, 6.45) is 0. The molecule has 1 aromatic heterocycles. The molecule has 0 spiro atoms. The molecule has 1 heterocycles. The molecule has 0 saturated carbocycles. The third-order valence-electron chi connectivity index (χ3n) is 4.63. The molecule has 0 aliphatic heterocycles. The average Bonchev–Trinajstić information content (AvgIpc) is 2.89. The average molecular weight is 335 g/mol. The second kappa shape index (κ2) is 6.36. The van der Waals surface area contributed by atoms with E-state index < -0.39 is 0 Å². The van der Waals surface area contributed by atoms with Crippen molar-refractivity contribution in [1.82, 2.24) is 9.55 Å². The molecule has 3 rings (SSSR count). The second-order valence-corrected chi connectivity index (χ2v) is 7.48. The fraction of sp³-hybridized carbons (Fsp3) is 0.333. The standard InChI is InChI=1S/C21H25N3O/c1-15-22-18-8-6-7-9-19(18)24(15)14-20(25)23(5)17-12-10-16(11-13-17)21(2,3)4/h6-13H,14H2,1-5H3. The molecular formula is C21H25N3O. The summed E-state index contributed by atoms with van der Waals surface area (Å²) in [5, 5.41) is 0. The van der Waals surface area contributed by atoms with E-state index in [-0.39, 0.29) is 17.9 Å². The zero-order chi connectivity index (χ0) is 18.2. The normalized spacial score (nSPS) is 11.7. The third-order valence-corrected chi connectivity index (χ3v) is 4.63. The highest BCUT2D eigenvalue weighted by molar-refractivity contribution is 5.93. The Balaban J connectivity index is 1.82. The lowest BCUT2D eigenvalue weighted by atomic mass is 9.87. The van der Waals surface area contributed by atoms with Gasteiger partial charge in [0, 0.05) is 12.7 Å². The number of nitrogens with zero attached hydrogens (tertiary/aromatic N) is 3. The number of rotatable bonds is 3. The minimum absolute atomic E-state index is 0.0368. The van der Waals surface area contributed by atoms with Crippen LogP contribution in [0, 0.1) is 6.92 Å². The molecule has 25 heavy (non-hydrogen) atoms. The van der Waals surface area contributed by atoms with Gasteiger partial charge in [0.25, 0.3) is 0 Å². The van der Waals surface area contributed by atoms with Crippen LogP contribution in [0.15, 0.2) is 48.5 Å². The van der Waals surface area contributed by atoms with Crippen LogP contribution in [0.4, 0.5) is 5.69 Å². The highest BCUT2D eigenvalue weighted by Crippen LogP contribution is 2.25. The topological polar surface area (TPSA) is 38.1 Å². The summed E-state index contributed by atoms with van der Waals surface area (Å²) in [5.41, 5.74) is 4.18. The zero-order valence-corrected chi connectivity index (χ0v) is 15.6. The smallest absolute Gasteiger partial charge is 0.246 e. The van der Waals surface area contributed by atoms with E-state index in [9.17, 15) is 4.79 Å². The van der Waals surface area contributed by atoms with Gasteiger partial charge in [0.15, 0.2) is 0 Å². The van der Waals surface area contributed by atoms with Gasteiger partial charge in [0.2, 0.25) is 5.91 Å². The van der Waals surface area contributed by atoms with Crippen LogP contribution >= 0.6 is 0 Å². The first-order chi connectivity index (χ1) is 11.8. The van der Waals surface area contributed by atoms with Crippen molar-refractivity contribution in [3.8, 4) is 0 Å². The summed E-state index contributed by atoms with van der Waals surface area (Å²) in [6.45, 7) is 8.77. The van der Waals surface area contributed by atoms with Gasteiger partial charge in [-0.2, -0.15) is 0 Å². The first kappa shape index (κ1) is 17.2. The Kier molecular flexibility index (Phi) is 4.38. The number of aromatic nitrogens is 2. The molecular weight excluding hydrogens is 310 g/mol. The Hall–Kier alpha value is -2.62. The molecule has 0 N–H and O–H groups in total. The van der Waals surface area contributed by atoms with Crippen molar-refractivity contribution >= 4 is 22.6 Å². The molecule has 4 heteroatoms. The number of likely N-dealkylation sites (N-methyl/N-ethyl adjacent to an activating group) is 1. The molecule has 0 unspecified atom stereocenters. The predicted octanol–water partition coefficient (Wildman–Crippen LogP) is 4.31. The first-order valence-corrected chi connectivity index (χ1v) is 8.56. The number of carbonyl (C=O) groups excluding carboxylic acids is 1. The number of benzene rings is 2. The molecule has 0 bridgehead atoms. The maximum absolute atomic E-state index is 12.8. The van der Waals surface area contributed by atoms with Crippen molar-refractivity contribution in [2.45, 2.75) is 39.7 Å². The van der Waals surface area contributed by atoms with E-state index in [0.717, 1.165) is 22.5 Å². The van der Waals surface area contributed by atoms with Crippen molar-refractivity contribution in [2.75, 3.05) is 11.9 Å². The fourth-order valence-electron chi connectivity index (χ4n) is 2.97.